The van der Waals surface area contributed by atoms with Crippen LogP contribution in [0.4, 0.5) is 0 Å². The first-order valence-electron chi connectivity index (χ1n) is 8.62. The van der Waals surface area contributed by atoms with Gasteiger partial charge in [0.15, 0.2) is 17.5 Å². The fourth-order valence-electron chi connectivity index (χ4n) is 2.93. The Morgan fingerprint density at radius 3 is 2.38 bits per heavy atom. The molecule has 0 aromatic heterocycles. The van der Waals surface area contributed by atoms with Crippen LogP contribution in [0.15, 0.2) is 53.4 Å². The van der Waals surface area contributed by atoms with E-state index >= 15 is 0 Å². The van der Waals surface area contributed by atoms with E-state index in [0.29, 0.717) is 26.3 Å². The summed E-state index contributed by atoms with van der Waals surface area (Å²) in [5.74, 6) is 0.231. The summed E-state index contributed by atoms with van der Waals surface area (Å²) < 4.78 is 15.8. The second-order valence-corrected chi connectivity index (χ2v) is 7.68. The molecule has 1 amide bonds. The fraction of sp³-hybridized carbons (Fsp3) is 0.190. The van der Waals surface area contributed by atoms with Crippen LogP contribution in [0, 0.1) is 0 Å². The van der Waals surface area contributed by atoms with Crippen molar-refractivity contribution in [3.8, 4) is 11.5 Å². The van der Waals surface area contributed by atoms with Crippen molar-refractivity contribution in [1.82, 2.24) is 4.90 Å². The SMILES string of the molecule is COC(=O)C(c1ccccc1)N1C(=O)/C(=C/c2ccc(OC)c(OC)c2)SC1=S. The Hall–Kier alpha value is -2.84. The Morgan fingerprint density at radius 1 is 1.07 bits per heavy atom. The molecule has 6 nitrogen and oxygen atoms in total. The first-order chi connectivity index (χ1) is 14.0. The minimum absolute atomic E-state index is 0.293. The van der Waals surface area contributed by atoms with Crippen molar-refractivity contribution in [2.45, 2.75) is 6.04 Å². The van der Waals surface area contributed by atoms with Crippen LogP contribution in [-0.4, -0.2) is 42.4 Å². The summed E-state index contributed by atoms with van der Waals surface area (Å²) in [5.41, 5.74) is 1.38. The van der Waals surface area contributed by atoms with Crippen molar-refractivity contribution in [3.05, 3.63) is 64.6 Å². The van der Waals surface area contributed by atoms with Gasteiger partial charge in [-0.25, -0.2) is 4.79 Å². The standard InChI is InChI=1S/C21H19NO5S2/c1-25-15-10-9-13(11-16(15)26-2)12-17-19(23)22(21(28)29-17)18(20(24)27-3)14-7-5-4-6-8-14/h4-12,18H,1-3H3/b17-12-. The lowest BCUT2D eigenvalue weighted by Crippen LogP contribution is -2.37. The summed E-state index contributed by atoms with van der Waals surface area (Å²) >= 11 is 6.56. The molecule has 2 aromatic rings. The molecule has 0 radical (unpaired) electrons. The lowest BCUT2D eigenvalue weighted by atomic mass is 10.1. The topological polar surface area (TPSA) is 65.1 Å². The van der Waals surface area contributed by atoms with E-state index in [1.807, 2.05) is 12.1 Å². The van der Waals surface area contributed by atoms with E-state index in [4.69, 9.17) is 26.4 Å². The van der Waals surface area contributed by atoms with Crippen molar-refractivity contribution in [1.29, 1.82) is 0 Å². The zero-order chi connectivity index (χ0) is 21.0. The lowest BCUT2D eigenvalue weighted by molar-refractivity contribution is -0.148. The van der Waals surface area contributed by atoms with Gasteiger partial charge < -0.3 is 14.2 Å². The number of benzene rings is 2. The van der Waals surface area contributed by atoms with Crippen molar-refractivity contribution >= 4 is 46.3 Å². The Bertz CT molecular complexity index is 974. The van der Waals surface area contributed by atoms with Crippen LogP contribution in [0.3, 0.4) is 0 Å². The highest BCUT2D eigenvalue weighted by atomic mass is 32.2. The van der Waals surface area contributed by atoms with E-state index in [9.17, 15) is 9.59 Å². The highest BCUT2D eigenvalue weighted by Gasteiger charge is 2.41. The molecule has 1 fully saturated rings. The van der Waals surface area contributed by atoms with Crippen LogP contribution < -0.4 is 9.47 Å². The molecule has 150 valence electrons. The van der Waals surface area contributed by atoms with Gasteiger partial charge in [-0.15, -0.1) is 0 Å². The van der Waals surface area contributed by atoms with Gasteiger partial charge in [0.25, 0.3) is 5.91 Å². The van der Waals surface area contributed by atoms with Gasteiger partial charge in [-0.1, -0.05) is 60.4 Å². The van der Waals surface area contributed by atoms with Crippen molar-refractivity contribution in [3.63, 3.8) is 0 Å². The molecule has 1 heterocycles. The maximum atomic E-state index is 13.1. The Morgan fingerprint density at radius 2 is 1.76 bits per heavy atom. The van der Waals surface area contributed by atoms with Gasteiger partial charge in [0, 0.05) is 0 Å². The third-order valence-corrected chi connectivity index (χ3v) is 5.66. The van der Waals surface area contributed by atoms with Gasteiger partial charge in [-0.2, -0.15) is 0 Å². The highest BCUT2D eigenvalue weighted by molar-refractivity contribution is 8.26. The Balaban J connectivity index is 1.96. The number of methoxy groups -OCH3 is 3. The number of hydrogen-bond donors (Lipinski definition) is 0. The quantitative estimate of drug-likeness (QED) is 0.393. The Kier molecular flexibility index (Phi) is 6.56. The number of nitrogens with zero attached hydrogens (tertiary/aromatic N) is 1. The van der Waals surface area contributed by atoms with Gasteiger partial charge in [0.05, 0.1) is 26.2 Å². The summed E-state index contributed by atoms with van der Waals surface area (Å²) in [6.07, 6.45) is 1.71. The average Bonchev–Trinajstić information content (AvgIpc) is 3.02. The van der Waals surface area contributed by atoms with Crippen molar-refractivity contribution in [2.24, 2.45) is 0 Å². The van der Waals surface area contributed by atoms with E-state index in [-0.39, 0.29) is 5.91 Å². The molecule has 0 spiro atoms. The molecule has 0 aliphatic carbocycles. The molecule has 1 atom stereocenters. The summed E-state index contributed by atoms with van der Waals surface area (Å²) in [6.45, 7) is 0. The molecule has 1 unspecified atom stereocenters. The first kappa shape index (κ1) is 20.9. The van der Waals surface area contributed by atoms with Crippen molar-refractivity contribution in [2.75, 3.05) is 21.3 Å². The van der Waals surface area contributed by atoms with Gasteiger partial charge in [-0.05, 0) is 29.3 Å². The van der Waals surface area contributed by atoms with E-state index in [1.54, 1.807) is 56.7 Å². The number of amides is 1. The number of thiocarbonyl (C=S) groups is 1. The molecular formula is C21H19NO5S2. The third kappa shape index (κ3) is 4.28. The number of rotatable bonds is 6. The summed E-state index contributed by atoms with van der Waals surface area (Å²) in [7, 11) is 4.39. The van der Waals surface area contributed by atoms with Crippen LogP contribution in [0.5, 0.6) is 11.5 Å². The van der Waals surface area contributed by atoms with Crippen LogP contribution in [0.1, 0.15) is 17.2 Å². The fourth-order valence-corrected chi connectivity index (χ4v) is 4.25. The number of hydrogen-bond acceptors (Lipinski definition) is 7. The number of esters is 1. The Labute approximate surface area is 178 Å². The predicted molar refractivity (Wildman–Crippen MR) is 116 cm³/mol. The number of carbonyl (C=O) groups excluding carboxylic acids is 2. The third-order valence-electron chi connectivity index (χ3n) is 4.33. The first-order valence-corrected chi connectivity index (χ1v) is 9.84. The molecule has 8 heteroatoms. The minimum atomic E-state index is -0.940. The van der Waals surface area contributed by atoms with Crippen LogP contribution in [-0.2, 0) is 14.3 Å². The van der Waals surface area contributed by atoms with Gasteiger partial charge in [0.1, 0.15) is 4.32 Å². The van der Waals surface area contributed by atoms with E-state index < -0.39 is 12.0 Å². The maximum Gasteiger partial charge on any atom is 0.333 e. The largest absolute Gasteiger partial charge is 0.493 e. The molecule has 1 saturated heterocycles. The molecule has 0 N–H and O–H groups in total. The highest BCUT2D eigenvalue weighted by Crippen LogP contribution is 2.39. The van der Waals surface area contributed by atoms with E-state index in [2.05, 4.69) is 0 Å². The second-order valence-electron chi connectivity index (χ2n) is 6.00. The minimum Gasteiger partial charge on any atom is -0.493 e. The van der Waals surface area contributed by atoms with Gasteiger partial charge >= 0.3 is 5.97 Å². The predicted octanol–water partition coefficient (Wildman–Crippen LogP) is 3.82. The van der Waals surface area contributed by atoms with Crippen LogP contribution in [0.2, 0.25) is 0 Å². The molecule has 3 rings (SSSR count). The average molecular weight is 430 g/mol. The number of thioether (sulfide) groups is 1. The molecule has 0 bridgehead atoms. The molecule has 1 aliphatic rings. The maximum absolute atomic E-state index is 13.1. The smallest absolute Gasteiger partial charge is 0.333 e. The van der Waals surface area contributed by atoms with Crippen molar-refractivity contribution < 1.29 is 23.8 Å². The zero-order valence-electron chi connectivity index (χ0n) is 16.1. The molecule has 2 aromatic carbocycles. The van der Waals surface area contributed by atoms with Crippen LogP contribution >= 0.6 is 24.0 Å². The summed E-state index contributed by atoms with van der Waals surface area (Å²) in [4.78, 5) is 27.3. The zero-order valence-corrected chi connectivity index (χ0v) is 17.7. The van der Waals surface area contributed by atoms with Gasteiger partial charge in [-0.3, -0.25) is 9.69 Å². The van der Waals surface area contributed by atoms with E-state index in [0.717, 1.165) is 17.3 Å². The van der Waals surface area contributed by atoms with Crippen LogP contribution in [0.25, 0.3) is 6.08 Å². The monoisotopic (exact) mass is 429 g/mol. The summed E-state index contributed by atoms with van der Waals surface area (Å²) in [5, 5.41) is 0. The summed E-state index contributed by atoms with van der Waals surface area (Å²) in [6, 6.07) is 13.3. The normalized spacial score (nSPS) is 16.1. The molecule has 0 saturated carbocycles. The lowest BCUT2D eigenvalue weighted by Gasteiger charge is -2.24. The molecule has 1 aliphatic heterocycles. The second kappa shape index (κ2) is 9.11. The number of ether oxygens (including phenoxy) is 3. The molecule has 29 heavy (non-hydrogen) atoms. The van der Waals surface area contributed by atoms with Gasteiger partial charge in [0.2, 0.25) is 0 Å². The van der Waals surface area contributed by atoms with E-state index in [1.165, 1.54) is 12.0 Å². The number of carbonyl (C=O) groups is 2. The molecular weight excluding hydrogens is 410 g/mol.